The zero-order chi connectivity index (χ0) is 14.0. The Hall–Kier alpha value is -2.00. The van der Waals surface area contributed by atoms with Gasteiger partial charge in [-0.05, 0) is 30.5 Å². The summed E-state index contributed by atoms with van der Waals surface area (Å²) in [4.78, 5) is 14.1. The van der Waals surface area contributed by atoms with E-state index in [1.807, 2.05) is 65.6 Å². The summed E-state index contributed by atoms with van der Waals surface area (Å²) in [5.41, 5.74) is 0.882. The number of hydrogen-bond donors (Lipinski definition) is 1. The molecule has 1 aliphatic heterocycles. The maximum atomic E-state index is 12.1. The number of carbonyl (C=O) groups is 1. The molecule has 110 valence electrons. The van der Waals surface area contributed by atoms with Crippen molar-refractivity contribution in [3.05, 3.63) is 66.2 Å². The van der Waals surface area contributed by atoms with Gasteiger partial charge in [0.1, 0.15) is 0 Å². The number of halogens is 1. The summed E-state index contributed by atoms with van der Waals surface area (Å²) in [6.45, 7) is 0.769. The Labute approximate surface area is 130 Å². The molecule has 1 aliphatic rings. The van der Waals surface area contributed by atoms with Gasteiger partial charge in [0.05, 0.1) is 0 Å². The Morgan fingerprint density at radius 1 is 1.00 bits per heavy atom. The molecule has 21 heavy (non-hydrogen) atoms. The van der Waals surface area contributed by atoms with Crippen LogP contribution >= 0.6 is 12.4 Å². The Kier molecular flexibility index (Phi) is 4.53. The van der Waals surface area contributed by atoms with Crippen LogP contribution in [0, 0.1) is 0 Å². The third-order valence-electron chi connectivity index (χ3n) is 4.05. The van der Waals surface area contributed by atoms with Gasteiger partial charge in [-0.25, -0.2) is 4.79 Å². The monoisotopic (exact) mass is 303 g/mol. The van der Waals surface area contributed by atoms with Crippen LogP contribution in [0.1, 0.15) is 18.4 Å². The predicted octanol–water partition coefficient (Wildman–Crippen LogP) is 3.69. The highest BCUT2D eigenvalue weighted by atomic mass is 35.5. The fraction of sp³-hybridized carbons (Fsp3) is 0.235. The van der Waals surface area contributed by atoms with E-state index in [0.717, 1.165) is 24.2 Å². The number of aliphatic carboxylic acids is 1. The molecule has 0 bridgehead atoms. The van der Waals surface area contributed by atoms with Crippen molar-refractivity contribution in [2.45, 2.75) is 18.4 Å². The van der Waals surface area contributed by atoms with Crippen LogP contribution in [0.2, 0.25) is 0 Å². The highest BCUT2D eigenvalue weighted by molar-refractivity contribution is 5.86. The smallest absolute Gasteiger partial charge is 0.334 e. The predicted molar refractivity (Wildman–Crippen MR) is 86.0 cm³/mol. The first kappa shape index (κ1) is 15.4. The van der Waals surface area contributed by atoms with Gasteiger partial charge < -0.3 is 10.0 Å². The highest BCUT2D eigenvalue weighted by Gasteiger charge is 2.49. The van der Waals surface area contributed by atoms with Gasteiger partial charge in [-0.3, -0.25) is 0 Å². The zero-order valence-corrected chi connectivity index (χ0v) is 12.4. The molecule has 3 rings (SSSR count). The molecule has 1 atom stereocenters. The first-order valence-corrected chi connectivity index (χ1v) is 6.87. The summed E-state index contributed by atoms with van der Waals surface area (Å²) in [5.74, 6) is -0.773. The third-order valence-corrected chi connectivity index (χ3v) is 4.05. The Balaban J connectivity index is 0.00000161. The second-order valence-electron chi connectivity index (χ2n) is 5.12. The van der Waals surface area contributed by atoms with Gasteiger partial charge >= 0.3 is 5.97 Å². The fourth-order valence-electron chi connectivity index (χ4n) is 3.14. The first-order valence-electron chi connectivity index (χ1n) is 6.87. The van der Waals surface area contributed by atoms with Gasteiger partial charge in [0.25, 0.3) is 0 Å². The summed E-state index contributed by atoms with van der Waals surface area (Å²) >= 11 is 0. The number of carboxylic acids is 1. The molecule has 0 aliphatic carbocycles. The molecule has 1 fully saturated rings. The van der Waals surface area contributed by atoms with Gasteiger partial charge in [-0.1, -0.05) is 48.5 Å². The molecular weight excluding hydrogens is 286 g/mol. The lowest BCUT2D eigenvalue weighted by molar-refractivity contribution is -0.143. The van der Waals surface area contributed by atoms with Crippen molar-refractivity contribution in [3.63, 3.8) is 0 Å². The molecule has 1 saturated heterocycles. The summed E-state index contributed by atoms with van der Waals surface area (Å²) < 4.78 is 0. The second kappa shape index (κ2) is 6.19. The molecule has 0 spiro atoms. The number of para-hydroxylation sites is 1. The third kappa shape index (κ3) is 2.49. The number of carboxylic acid groups (broad SMARTS) is 1. The summed E-state index contributed by atoms with van der Waals surface area (Å²) in [6, 6.07) is 19.4. The highest BCUT2D eigenvalue weighted by Crippen LogP contribution is 2.42. The summed E-state index contributed by atoms with van der Waals surface area (Å²) in [5, 5.41) is 9.91. The SMILES string of the molecule is Cl.O=C(O)[C@]1(c2ccccc2)CCCN1c1ccccc1. The van der Waals surface area contributed by atoms with Crippen molar-refractivity contribution in [2.75, 3.05) is 11.4 Å². The molecule has 4 heteroatoms. The van der Waals surface area contributed by atoms with Crippen LogP contribution in [0.4, 0.5) is 5.69 Å². The molecule has 0 radical (unpaired) electrons. The van der Waals surface area contributed by atoms with Crippen molar-refractivity contribution < 1.29 is 9.90 Å². The minimum Gasteiger partial charge on any atom is -0.479 e. The molecule has 0 amide bonds. The number of nitrogens with zero attached hydrogens (tertiary/aromatic N) is 1. The summed E-state index contributed by atoms with van der Waals surface area (Å²) in [7, 11) is 0. The number of hydrogen-bond acceptors (Lipinski definition) is 2. The van der Waals surface area contributed by atoms with Crippen molar-refractivity contribution in [1.82, 2.24) is 0 Å². The molecule has 0 saturated carbocycles. The first-order chi connectivity index (χ1) is 9.75. The molecule has 1 N–H and O–H groups in total. The largest absolute Gasteiger partial charge is 0.479 e. The quantitative estimate of drug-likeness (QED) is 0.940. The normalized spacial score (nSPS) is 20.9. The fourth-order valence-corrected chi connectivity index (χ4v) is 3.14. The van der Waals surface area contributed by atoms with Crippen molar-refractivity contribution in [1.29, 1.82) is 0 Å². The van der Waals surface area contributed by atoms with Crippen LogP contribution in [0.3, 0.4) is 0 Å². The van der Waals surface area contributed by atoms with E-state index in [2.05, 4.69) is 0 Å². The van der Waals surface area contributed by atoms with Crippen LogP contribution in [-0.2, 0) is 10.3 Å². The van der Waals surface area contributed by atoms with E-state index in [9.17, 15) is 9.90 Å². The van der Waals surface area contributed by atoms with Crippen LogP contribution in [-0.4, -0.2) is 17.6 Å². The van der Waals surface area contributed by atoms with E-state index in [1.165, 1.54) is 0 Å². The maximum Gasteiger partial charge on any atom is 0.334 e. The van der Waals surface area contributed by atoms with Gasteiger partial charge in [0.2, 0.25) is 0 Å². The van der Waals surface area contributed by atoms with Crippen molar-refractivity contribution in [3.8, 4) is 0 Å². The van der Waals surface area contributed by atoms with Crippen molar-refractivity contribution in [2.24, 2.45) is 0 Å². The number of benzene rings is 2. The van der Waals surface area contributed by atoms with E-state index >= 15 is 0 Å². The molecule has 1 heterocycles. The van der Waals surface area contributed by atoms with Crippen LogP contribution < -0.4 is 4.90 Å². The Morgan fingerprint density at radius 3 is 2.14 bits per heavy atom. The molecular formula is C17H18ClNO2. The molecule has 0 unspecified atom stereocenters. The average molecular weight is 304 g/mol. The molecule has 3 nitrogen and oxygen atoms in total. The van der Waals surface area contributed by atoms with Crippen LogP contribution in [0.25, 0.3) is 0 Å². The van der Waals surface area contributed by atoms with Crippen LogP contribution in [0.5, 0.6) is 0 Å². The molecule has 2 aromatic rings. The van der Waals surface area contributed by atoms with Crippen LogP contribution in [0.15, 0.2) is 60.7 Å². The topological polar surface area (TPSA) is 40.5 Å². The van der Waals surface area contributed by atoms with E-state index in [1.54, 1.807) is 0 Å². The van der Waals surface area contributed by atoms with E-state index in [-0.39, 0.29) is 12.4 Å². The standard InChI is InChI=1S/C17H17NO2.ClH/c19-16(20)17(14-8-3-1-4-9-14)12-7-13-18(17)15-10-5-2-6-11-15;/h1-6,8-11H,7,12-13H2,(H,19,20);1H/t17-;/m1./s1. The van der Waals surface area contributed by atoms with E-state index in [4.69, 9.17) is 0 Å². The lowest BCUT2D eigenvalue weighted by Gasteiger charge is -2.37. The second-order valence-corrected chi connectivity index (χ2v) is 5.12. The maximum absolute atomic E-state index is 12.1. The van der Waals surface area contributed by atoms with E-state index < -0.39 is 11.5 Å². The van der Waals surface area contributed by atoms with Crippen molar-refractivity contribution >= 4 is 24.1 Å². The number of rotatable bonds is 3. The van der Waals surface area contributed by atoms with Gasteiger partial charge in [-0.15, -0.1) is 12.4 Å². The number of anilines is 1. The Bertz CT molecular complexity index is 603. The average Bonchev–Trinajstić information content (AvgIpc) is 2.95. The van der Waals surface area contributed by atoms with Gasteiger partial charge in [0, 0.05) is 12.2 Å². The zero-order valence-electron chi connectivity index (χ0n) is 11.6. The van der Waals surface area contributed by atoms with E-state index in [0.29, 0.717) is 6.42 Å². The minimum atomic E-state index is -0.942. The lowest BCUT2D eigenvalue weighted by atomic mass is 9.87. The van der Waals surface area contributed by atoms with Gasteiger partial charge in [-0.2, -0.15) is 0 Å². The summed E-state index contributed by atoms with van der Waals surface area (Å²) in [6.07, 6.45) is 1.53. The molecule has 0 aromatic heterocycles. The Morgan fingerprint density at radius 2 is 1.57 bits per heavy atom. The minimum absolute atomic E-state index is 0. The van der Waals surface area contributed by atoms with Gasteiger partial charge in [0.15, 0.2) is 5.54 Å². The lowest BCUT2D eigenvalue weighted by Crippen LogP contribution is -2.48. The molecule has 2 aromatic carbocycles.